The van der Waals surface area contributed by atoms with Crippen molar-refractivity contribution >= 4 is 9.84 Å². The largest absolute Gasteiger partial charge is 0.424 e. The lowest BCUT2D eigenvalue weighted by atomic mass is 10.2. The summed E-state index contributed by atoms with van der Waals surface area (Å²) >= 11 is 0. The van der Waals surface area contributed by atoms with Gasteiger partial charge in [-0.2, -0.15) is 0 Å². The summed E-state index contributed by atoms with van der Waals surface area (Å²) in [6.07, 6.45) is 2.26. The first-order valence-corrected chi connectivity index (χ1v) is 10.2. The highest BCUT2D eigenvalue weighted by atomic mass is 32.2. The fraction of sp³-hybridized carbons (Fsp3) is 0.529. The quantitative estimate of drug-likeness (QED) is 0.761. The van der Waals surface area contributed by atoms with Crippen molar-refractivity contribution in [1.29, 1.82) is 0 Å². The summed E-state index contributed by atoms with van der Waals surface area (Å²) in [5.74, 6) is 1.66. The molecule has 1 atom stereocenters. The van der Waals surface area contributed by atoms with Crippen LogP contribution in [0.3, 0.4) is 0 Å². The zero-order chi connectivity index (χ0) is 17.0. The summed E-state index contributed by atoms with van der Waals surface area (Å²) in [6, 6.07) is 10.0. The van der Waals surface area contributed by atoms with Crippen LogP contribution in [0.4, 0.5) is 0 Å². The van der Waals surface area contributed by atoms with E-state index < -0.39 is 9.84 Å². The van der Waals surface area contributed by atoms with E-state index in [1.165, 1.54) is 0 Å². The molecule has 0 amide bonds. The Labute approximate surface area is 142 Å². The number of sulfone groups is 1. The van der Waals surface area contributed by atoms with E-state index in [9.17, 15) is 8.42 Å². The van der Waals surface area contributed by atoms with E-state index >= 15 is 0 Å². The summed E-state index contributed by atoms with van der Waals surface area (Å²) in [4.78, 5) is 2.16. The second kappa shape index (κ2) is 7.44. The minimum Gasteiger partial charge on any atom is -0.424 e. The molecule has 0 bridgehead atoms. The minimum atomic E-state index is -2.89. The fourth-order valence-corrected chi connectivity index (χ4v) is 4.87. The molecule has 2 aromatic rings. The van der Waals surface area contributed by atoms with E-state index in [-0.39, 0.29) is 17.5 Å². The van der Waals surface area contributed by atoms with Gasteiger partial charge in [0.05, 0.1) is 24.5 Å². The molecule has 7 heteroatoms. The topological polar surface area (TPSA) is 76.3 Å². The summed E-state index contributed by atoms with van der Waals surface area (Å²) in [5, 5.41) is 8.25. The lowest BCUT2D eigenvalue weighted by molar-refractivity contribution is 0.184. The molecule has 24 heavy (non-hydrogen) atoms. The molecule has 1 aromatic carbocycles. The summed E-state index contributed by atoms with van der Waals surface area (Å²) in [6.45, 7) is 3.43. The summed E-state index contributed by atoms with van der Waals surface area (Å²) < 4.78 is 29.2. The Morgan fingerprint density at radius 2 is 1.96 bits per heavy atom. The van der Waals surface area contributed by atoms with Gasteiger partial charge in [0.2, 0.25) is 11.8 Å². The maximum absolute atomic E-state index is 11.7. The monoisotopic (exact) mass is 349 g/mol. The number of rotatable bonds is 7. The number of hydrogen-bond donors (Lipinski definition) is 0. The number of benzene rings is 1. The molecule has 1 aromatic heterocycles. The first-order chi connectivity index (χ1) is 11.6. The van der Waals surface area contributed by atoms with Gasteiger partial charge in [0.25, 0.3) is 0 Å². The average molecular weight is 349 g/mol. The third-order valence-electron chi connectivity index (χ3n) is 4.28. The molecule has 0 saturated carbocycles. The Hall–Kier alpha value is -1.73. The molecule has 1 fully saturated rings. The maximum Gasteiger partial charge on any atom is 0.230 e. The minimum absolute atomic E-state index is 0.0550. The van der Waals surface area contributed by atoms with E-state index in [4.69, 9.17) is 4.42 Å². The van der Waals surface area contributed by atoms with Crippen LogP contribution in [-0.2, 0) is 22.8 Å². The lowest BCUT2D eigenvalue weighted by Gasteiger charge is -2.25. The van der Waals surface area contributed by atoms with Crippen molar-refractivity contribution in [2.75, 3.05) is 18.1 Å². The van der Waals surface area contributed by atoms with Crippen molar-refractivity contribution in [3.63, 3.8) is 0 Å². The normalized spacial score (nSPS) is 19.8. The van der Waals surface area contributed by atoms with E-state index in [0.29, 0.717) is 31.2 Å². The van der Waals surface area contributed by atoms with Crippen molar-refractivity contribution in [1.82, 2.24) is 15.1 Å². The van der Waals surface area contributed by atoms with Crippen LogP contribution in [0.25, 0.3) is 0 Å². The second-order valence-electron chi connectivity index (χ2n) is 6.28. The van der Waals surface area contributed by atoms with Crippen LogP contribution in [0.5, 0.6) is 0 Å². The zero-order valence-corrected chi connectivity index (χ0v) is 14.7. The fourth-order valence-electron chi connectivity index (χ4n) is 3.11. The van der Waals surface area contributed by atoms with E-state index in [0.717, 1.165) is 18.5 Å². The SMILES string of the molecule is CCCN(Cc1nnc(Cc2ccccc2)o1)[C@H]1CCS(=O)(=O)C1. The van der Waals surface area contributed by atoms with Gasteiger partial charge in [-0.05, 0) is 24.9 Å². The number of nitrogens with zero attached hydrogens (tertiary/aromatic N) is 3. The van der Waals surface area contributed by atoms with Gasteiger partial charge in [-0.15, -0.1) is 10.2 Å². The van der Waals surface area contributed by atoms with Gasteiger partial charge in [0, 0.05) is 6.04 Å². The highest BCUT2D eigenvalue weighted by Crippen LogP contribution is 2.20. The van der Waals surface area contributed by atoms with Crippen molar-refractivity contribution in [2.45, 2.75) is 38.8 Å². The van der Waals surface area contributed by atoms with Crippen LogP contribution >= 0.6 is 0 Å². The Bertz CT molecular complexity index is 758. The molecule has 1 aliphatic heterocycles. The van der Waals surface area contributed by atoms with Crippen LogP contribution in [0.2, 0.25) is 0 Å². The molecule has 130 valence electrons. The van der Waals surface area contributed by atoms with Crippen LogP contribution in [-0.4, -0.2) is 47.6 Å². The van der Waals surface area contributed by atoms with Crippen molar-refractivity contribution < 1.29 is 12.8 Å². The van der Waals surface area contributed by atoms with Gasteiger partial charge in [-0.3, -0.25) is 4.90 Å². The molecule has 0 radical (unpaired) electrons. The first-order valence-electron chi connectivity index (χ1n) is 8.35. The number of aromatic nitrogens is 2. The molecular weight excluding hydrogens is 326 g/mol. The van der Waals surface area contributed by atoms with Crippen molar-refractivity contribution in [3.8, 4) is 0 Å². The van der Waals surface area contributed by atoms with Crippen LogP contribution in [0.15, 0.2) is 34.7 Å². The molecule has 1 saturated heterocycles. The van der Waals surface area contributed by atoms with E-state index in [1.54, 1.807) is 0 Å². The zero-order valence-electron chi connectivity index (χ0n) is 13.9. The first kappa shape index (κ1) is 17.1. The van der Waals surface area contributed by atoms with Gasteiger partial charge in [-0.25, -0.2) is 8.42 Å². The van der Waals surface area contributed by atoms with Crippen LogP contribution in [0, 0.1) is 0 Å². The molecule has 0 spiro atoms. The van der Waals surface area contributed by atoms with Gasteiger partial charge in [0.1, 0.15) is 0 Å². The Morgan fingerprint density at radius 3 is 2.62 bits per heavy atom. The summed E-state index contributed by atoms with van der Waals surface area (Å²) in [7, 11) is -2.89. The third-order valence-corrected chi connectivity index (χ3v) is 6.03. The smallest absolute Gasteiger partial charge is 0.230 e. The second-order valence-corrected chi connectivity index (χ2v) is 8.51. The van der Waals surface area contributed by atoms with Gasteiger partial charge in [0.15, 0.2) is 9.84 Å². The van der Waals surface area contributed by atoms with Crippen LogP contribution in [0.1, 0.15) is 37.1 Å². The molecule has 0 unspecified atom stereocenters. The summed E-state index contributed by atoms with van der Waals surface area (Å²) in [5.41, 5.74) is 1.13. The predicted octanol–water partition coefficient (Wildman–Crippen LogP) is 2.06. The van der Waals surface area contributed by atoms with Crippen molar-refractivity contribution in [3.05, 3.63) is 47.7 Å². The average Bonchev–Trinajstić information content (AvgIpc) is 3.14. The molecular formula is C17H23N3O3S. The highest BCUT2D eigenvalue weighted by molar-refractivity contribution is 7.91. The third kappa shape index (κ3) is 4.42. The molecule has 0 aliphatic carbocycles. The predicted molar refractivity (Wildman–Crippen MR) is 91.3 cm³/mol. The molecule has 1 aliphatic rings. The van der Waals surface area contributed by atoms with Crippen LogP contribution < -0.4 is 0 Å². The standard InChI is InChI=1S/C17H23N3O3S/c1-2-9-20(15-8-10-24(21,22)13-15)12-17-19-18-16(23-17)11-14-6-4-3-5-7-14/h3-7,15H,2,8-13H2,1H3/t15-/m0/s1. The molecule has 2 heterocycles. The lowest BCUT2D eigenvalue weighted by Crippen LogP contribution is -2.36. The molecule has 0 N–H and O–H groups in total. The Morgan fingerprint density at radius 1 is 1.21 bits per heavy atom. The molecule has 3 rings (SSSR count). The molecule has 6 nitrogen and oxygen atoms in total. The van der Waals surface area contributed by atoms with Crippen molar-refractivity contribution in [2.24, 2.45) is 0 Å². The maximum atomic E-state index is 11.7. The Kier molecular flexibility index (Phi) is 5.30. The Balaban J connectivity index is 1.65. The van der Waals surface area contributed by atoms with Gasteiger partial charge < -0.3 is 4.42 Å². The van der Waals surface area contributed by atoms with Gasteiger partial charge >= 0.3 is 0 Å². The number of hydrogen-bond acceptors (Lipinski definition) is 6. The highest BCUT2D eigenvalue weighted by Gasteiger charge is 2.32. The van der Waals surface area contributed by atoms with E-state index in [2.05, 4.69) is 22.0 Å². The van der Waals surface area contributed by atoms with E-state index in [1.807, 2.05) is 30.3 Å². The van der Waals surface area contributed by atoms with Gasteiger partial charge in [-0.1, -0.05) is 37.3 Å².